The number of carbonyl (C=O) groups is 1. The van der Waals surface area contributed by atoms with Crippen molar-refractivity contribution in [1.29, 1.82) is 0 Å². The summed E-state index contributed by atoms with van der Waals surface area (Å²) in [5, 5.41) is 0. The normalized spacial score (nSPS) is 12.3. The molecule has 1 aromatic heterocycles. The van der Waals surface area contributed by atoms with Crippen LogP contribution in [0.3, 0.4) is 0 Å². The second-order valence-corrected chi connectivity index (χ2v) is 4.36. The third-order valence-corrected chi connectivity index (χ3v) is 2.91. The molecule has 106 valence electrons. The van der Waals surface area contributed by atoms with Gasteiger partial charge in [-0.3, -0.25) is 9.36 Å². The van der Waals surface area contributed by atoms with Crippen molar-refractivity contribution in [3.05, 3.63) is 22.7 Å². The van der Waals surface area contributed by atoms with E-state index in [9.17, 15) is 9.59 Å². The van der Waals surface area contributed by atoms with Crippen molar-refractivity contribution in [2.45, 2.75) is 31.7 Å². The van der Waals surface area contributed by atoms with Crippen LogP contribution in [0.2, 0.25) is 0 Å². The van der Waals surface area contributed by atoms with Gasteiger partial charge in [-0.05, 0) is 25.5 Å². The Bertz CT molecular complexity index is 471. The molecule has 1 rings (SSSR count). The summed E-state index contributed by atoms with van der Waals surface area (Å²) >= 11 is 0. The number of nitrogen functional groups attached to an aromatic ring is 1. The largest absolute Gasteiger partial charge is 0.383 e. The van der Waals surface area contributed by atoms with Crippen LogP contribution in [0.5, 0.6) is 0 Å². The highest BCUT2D eigenvalue weighted by atomic mass is 16.2. The third kappa shape index (κ3) is 4.46. The van der Waals surface area contributed by atoms with E-state index in [-0.39, 0.29) is 18.1 Å². The number of Topliss-reactive ketones (excluding diaryl/α,β-unsaturated/α-hetero) is 1. The van der Waals surface area contributed by atoms with Gasteiger partial charge in [0.2, 0.25) is 0 Å². The van der Waals surface area contributed by atoms with E-state index in [1.165, 1.54) is 16.8 Å². The van der Waals surface area contributed by atoms with E-state index in [4.69, 9.17) is 17.2 Å². The number of nitrogens with zero attached hydrogens (tertiary/aromatic N) is 2. The molecule has 0 radical (unpaired) electrons. The minimum absolute atomic E-state index is 0.0619. The maximum atomic E-state index is 12.0. The fraction of sp³-hybridized carbons (Fsp3) is 0.583. The van der Waals surface area contributed by atoms with Gasteiger partial charge in [0.05, 0.1) is 0 Å². The summed E-state index contributed by atoms with van der Waals surface area (Å²) in [4.78, 5) is 27.3. The first-order valence-electron chi connectivity index (χ1n) is 6.37. The van der Waals surface area contributed by atoms with Gasteiger partial charge in [0, 0.05) is 19.2 Å². The maximum Gasteiger partial charge on any atom is 0.350 e. The summed E-state index contributed by atoms with van der Waals surface area (Å²) in [6, 6.07) is 0.810. The average Bonchev–Trinajstić information content (AvgIpc) is 2.38. The number of ketones is 1. The molecule has 0 aliphatic carbocycles. The summed E-state index contributed by atoms with van der Waals surface area (Å²) in [6.45, 7) is 0.692. The molecule has 0 bridgehead atoms. The van der Waals surface area contributed by atoms with Crippen molar-refractivity contribution in [2.75, 3.05) is 18.8 Å². The molecular weight excluding hydrogens is 246 g/mol. The van der Waals surface area contributed by atoms with Crippen LogP contribution in [0, 0.1) is 0 Å². The molecule has 0 saturated heterocycles. The summed E-state index contributed by atoms with van der Waals surface area (Å²) in [7, 11) is 0. The van der Waals surface area contributed by atoms with E-state index < -0.39 is 11.7 Å². The molecule has 0 fully saturated rings. The first-order chi connectivity index (χ1) is 9.10. The summed E-state index contributed by atoms with van der Waals surface area (Å²) in [6.07, 6.45) is 4.39. The first-order valence-corrected chi connectivity index (χ1v) is 6.37. The van der Waals surface area contributed by atoms with Crippen LogP contribution in [0.15, 0.2) is 17.1 Å². The molecule has 0 aliphatic rings. The van der Waals surface area contributed by atoms with Gasteiger partial charge in [0.1, 0.15) is 11.9 Å². The number of carbonyl (C=O) groups excluding carboxylic acids is 1. The van der Waals surface area contributed by atoms with E-state index >= 15 is 0 Å². The minimum Gasteiger partial charge on any atom is -0.383 e. The number of unbranched alkanes of at least 4 members (excludes halogenated alkanes) is 2. The van der Waals surface area contributed by atoms with Crippen LogP contribution < -0.4 is 22.9 Å². The van der Waals surface area contributed by atoms with Gasteiger partial charge in [-0.2, -0.15) is 4.98 Å². The van der Waals surface area contributed by atoms with Crippen molar-refractivity contribution < 1.29 is 4.79 Å². The molecule has 7 nitrogen and oxygen atoms in total. The molecule has 1 aromatic rings. The molecule has 0 aliphatic heterocycles. The predicted octanol–water partition coefficient (Wildman–Crippen LogP) is -0.586. The average molecular weight is 267 g/mol. The maximum absolute atomic E-state index is 12.0. The lowest BCUT2D eigenvalue weighted by atomic mass is 10.1. The lowest BCUT2D eigenvalue weighted by molar-refractivity contribution is -0.122. The van der Waals surface area contributed by atoms with Crippen LogP contribution in [-0.2, 0) is 4.79 Å². The van der Waals surface area contributed by atoms with E-state index in [0.717, 1.165) is 19.3 Å². The Labute approximate surface area is 111 Å². The molecule has 1 heterocycles. The Morgan fingerprint density at radius 3 is 2.63 bits per heavy atom. The Kier molecular flexibility index (Phi) is 6.17. The molecule has 1 atom stereocenters. The zero-order valence-corrected chi connectivity index (χ0v) is 10.9. The Morgan fingerprint density at radius 2 is 2.05 bits per heavy atom. The van der Waals surface area contributed by atoms with Crippen LogP contribution in [0.25, 0.3) is 0 Å². The van der Waals surface area contributed by atoms with Gasteiger partial charge in [-0.15, -0.1) is 0 Å². The number of aromatic nitrogens is 2. The molecule has 0 saturated carbocycles. The van der Waals surface area contributed by atoms with E-state index in [2.05, 4.69) is 4.98 Å². The van der Waals surface area contributed by atoms with E-state index in [1.54, 1.807) is 0 Å². The third-order valence-electron chi connectivity index (χ3n) is 2.91. The minimum atomic E-state index is -0.668. The van der Waals surface area contributed by atoms with Crippen molar-refractivity contribution in [3.8, 4) is 0 Å². The highest BCUT2D eigenvalue weighted by Crippen LogP contribution is 2.10. The lowest BCUT2D eigenvalue weighted by Crippen LogP contribution is -2.35. The molecule has 0 amide bonds. The molecule has 1 unspecified atom stereocenters. The second-order valence-electron chi connectivity index (χ2n) is 4.36. The zero-order valence-electron chi connectivity index (χ0n) is 10.9. The highest BCUT2D eigenvalue weighted by Gasteiger charge is 2.19. The van der Waals surface area contributed by atoms with Crippen LogP contribution >= 0.6 is 0 Å². The smallest absolute Gasteiger partial charge is 0.350 e. The molecular formula is C12H21N5O2. The summed E-state index contributed by atoms with van der Waals surface area (Å²) < 4.78 is 1.24. The monoisotopic (exact) mass is 267 g/mol. The van der Waals surface area contributed by atoms with Gasteiger partial charge < -0.3 is 17.2 Å². The molecule has 6 N–H and O–H groups in total. The first kappa shape index (κ1) is 15.3. The number of hydrogen-bond donors (Lipinski definition) is 3. The number of nitrogens with two attached hydrogens (primary N) is 3. The number of anilines is 1. The van der Waals surface area contributed by atoms with Crippen LogP contribution in [0.1, 0.15) is 31.7 Å². The van der Waals surface area contributed by atoms with Gasteiger partial charge in [-0.1, -0.05) is 6.42 Å². The quantitative estimate of drug-likeness (QED) is 0.540. The zero-order chi connectivity index (χ0) is 14.3. The second kappa shape index (κ2) is 7.65. The topological polar surface area (TPSA) is 130 Å². The van der Waals surface area contributed by atoms with Crippen LogP contribution in [0.4, 0.5) is 5.82 Å². The van der Waals surface area contributed by atoms with Crippen molar-refractivity contribution in [2.24, 2.45) is 11.5 Å². The number of rotatable bonds is 8. The van der Waals surface area contributed by atoms with Crippen molar-refractivity contribution in [3.63, 3.8) is 0 Å². The Hall–Kier alpha value is -1.73. The Morgan fingerprint density at radius 1 is 1.32 bits per heavy atom. The standard InChI is InChI=1S/C12H21N5O2/c13-6-3-1-2-4-10(18)9(8-14)17-7-5-11(15)16-12(17)19/h5,7,9H,1-4,6,8,13-14H2,(H2,15,16,19). The molecule has 19 heavy (non-hydrogen) atoms. The van der Waals surface area contributed by atoms with Crippen LogP contribution in [-0.4, -0.2) is 28.4 Å². The molecule has 0 aromatic carbocycles. The molecule has 7 heteroatoms. The number of hydrogen-bond acceptors (Lipinski definition) is 6. The Balaban J connectivity index is 2.71. The van der Waals surface area contributed by atoms with Gasteiger partial charge in [0.25, 0.3) is 0 Å². The van der Waals surface area contributed by atoms with E-state index in [1.807, 2.05) is 0 Å². The van der Waals surface area contributed by atoms with Crippen molar-refractivity contribution >= 4 is 11.6 Å². The highest BCUT2D eigenvalue weighted by molar-refractivity contribution is 5.82. The SMILES string of the molecule is NCCCCCC(=O)C(CN)n1ccc(N)nc1=O. The van der Waals surface area contributed by atoms with Gasteiger partial charge >= 0.3 is 5.69 Å². The lowest BCUT2D eigenvalue weighted by Gasteiger charge is -2.16. The molecule has 0 spiro atoms. The fourth-order valence-electron chi connectivity index (χ4n) is 1.85. The fourth-order valence-corrected chi connectivity index (χ4v) is 1.85. The predicted molar refractivity (Wildman–Crippen MR) is 73.5 cm³/mol. The van der Waals surface area contributed by atoms with Gasteiger partial charge in [-0.25, -0.2) is 4.79 Å². The summed E-state index contributed by atoms with van der Waals surface area (Å²) in [5.41, 5.74) is 15.8. The van der Waals surface area contributed by atoms with Crippen molar-refractivity contribution in [1.82, 2.24) is 9.55 Å². The van der Waals surface area contributed by atoms with Gasteiger partial charge in [0.15, 0.2) is 5.78 Å². The van der Waals surface area contributed by atoms with E-state index in [0.29, 0.717) is 13.0 Å². The summed E-state index contributed by atoms with van der Waals surface area (Å²) in [5.74, 6) is 0.0700.